The number of anilines is 3. The number of rotatable bonds is 4. The molecule has 0 saturated carbocycles. The van der Waals surface area contributed by atoms with Gasteiger partial charge in [-0.15, -0.1) is 0 Å². The van der Waals surface area contributed by atoms with Gasteiger partial charge < -0.3 is 4.90 Å². The van der Waals surface area contributed by atoms with Crippen molar-refractivity contribution in [1.29, 1.82) is 0 Å². The van der Waals surface area contributed by atoms with E-state index in [1.165, 1.54) is 83.6 Å². The first-order chi connectivity index (χ1) is 27.3. The lowest BCUT2D eigenvalue weighted by atomic mass is 9.55. The zero-order valence-corrected chi connectivity index (χ0v) is 32.3. The van der Waals surface area contributed by atoms with Crippen molar-refractivity contribution in [2.24, 2.45) is 0 Å². The van der Waals surface area contributed by atoms with Gasteiger partial charge in [-0.05, 0) is 103 Å². The van der Waals surface area contributed by atoms with Crippen LogP contribution in [0.25, 0.3) is 33.4 Å². The van der Waals surface area contributed by atoms with Crippen LogP contribution in [-0.2, 0) is 16.2 Å². The fourth-order valence-corrected chi connectivity index (χ4v) is 10.8. The molecule has 0 atom stereocenters. The van der Waals surface area contributed by atoms with Crippen LogP contribution in [0.1, 0.15) is 72.2 Å². The minimum absolute atomic E-state index is 0.128. The first kappa shape index (κ1) is 32.9. The third kappa shape index (κ3) is 4.32. The van der Waals surface area contributed by atoms with E-state index < -0.39 is 5.41 Å². The summed E-state index contributed by atoms with van der Waals surface area (Å²) >= 11 is 0. The Kier molecular flexibility index (Phi) is 6.93. The molecular formula is C55H43N. The summed E-state index contributed by atoms with van der Waals surface area (Å²) in [6.07, 6.45) is 0. The predicted molar refractivity (Wildman–Crippen MR) is 234 cm³/mol. The van der Waals surface area contributed by atoms with Crippen LogP contribution >= 0.6 is 0 Å². The molecule has 8 aromatic rings. The van der Waals surface area contributed by atoms with Crippen molar-refractivity contribution in [2.75, 3.05) is 4.90 Å². The smallest absolute Gasteiger partial charge is 0.0720 e. The summed E-state index contributed by atoms with van der Waals surface area (Å²) in [5.74, 6) is 0. The molecule has 0 heterocycles. The molecule has 8 aromatic carbocycles. The van der Waals surface area contributed by atoms with Crippen LogP contribution in [0.4, 0.5) is 17.1 Å². The maximum atomic E-state index is 2.53. The average Bonchev–Trinajstić information content (AvgIpc) is 3.67. The summed E-state index contributed by atoms with van der Waals surface area (Å²) in [5, 5.41) is 0. The van der Waals surface area contributed by atoms with Crippen LogP contribution < -0.4 is 4.90 Å². The van der Waals surface area contributed by atoms with E-state index in [1.807, 2.05) is 0 Å². The van der Waals surface area contributed by atoms with E-state index in [4.69, 9.17) is 0 Å². The van der Waals surface area contributed by atoms with Crippen LogP contribution in [0.15, 0.2) is 188 Å². The summed E-state index contributed by atoms with van der Waals surface area (Å²) in [7, 11) is 0. The van der Waals surface area contributed by atoms with Crippen LogP contribution in [-0.4, -0.2) is 0 Å². The summed E-state index contributed by atoms with van der Waals surface area (Å²) in [6.45, 7) is 9.54. The van der Waals surface area contributed by atoms with E-state index >= 15 is 0 Å². The molecule has 0 unspecified atom stereocenters. The van der Waals surface area contributed by atoms with Crippen LogP contribution in [0.3, 0.4) is 0 Å². The highest BCUT2D eigenvalue weighted by Crippen LogP contribution is 2.64. The van der Waals surface area contributed by atoms with Gasteiger partial charge in [0.25, 0.3) is 0 Å². The molecule has 3 aliphatic rings. The first-order valence-corrected chi connectivity index (χ1v) is 19.9. The Bertz CT molecular complexity index is 2820. The highest BCUT2D eigenvalue weighted by atomic mass is 15.1. The molecular weight excluding hydrogens is 675 g/mol. The number of hydrogen-bond acceptors (Lipinski definition) is 1. The molecule has 1 spiro atoms. The topological polar surface area (TPSA) is 3.24 Å². The number of benzene rings is 8. The number of nitrogens with zero attached hydrogens (tertiary/aromatic N) is 1. The molecule has 3 aliphatic carbocycles. The zero-order chi connectivity index (χ0) is 37.8. The van der Waals surface area contributed by atoms with Gasteiger partial charge >= 0.3 is 0 Å². The van der Waals surface area contributed by atoms with Crippen molar-refractivity contribution >= 4 is 17.1 Å². The third-order valence-electron chi connectivity index (χ3n) is 13.3. The van der Waals surface area contributed by atoms with Crippen LogP contribution in [0.5, 0.6) is 0 Å². The lowest BCUT2D eigenvalue weighted by Crippen LogP contribution is -2.40. The molecule has 0 saturated heterocycles. The van der Waals surface area contributed by atoms with Crippen LogP contribution in [0.2, 0.25) is 0 Å². The Labute approximate surface area is 330 Å². The fraction of sp³-hybridized carbons (Fsp3) is 0.127. The van der Waals surface area contributed by atoms with Crippen LogP contribution in [0, 0.1) is 0 Å². The van der Waals surface area contributed by atoms with Gasteiger partial charge in [0.2, 0.25) is 0 Å². The molecule has 1 heteroatoms. The van der Waals surface area contributed by atoms with Gasteiger partial charge in [0.15, 0.2) is 0 Å². The molecule has 56 heavy (non-hydrogen) atoms. The van der Waals surface area contributed by atoms with Crippen molar-refractivity contribution in [2.45, 2.75) is 43.9 Å². The molecule has 0 bridgehead atoms. The van der Waals surface area contributed by atoms with Crippen molar-refractivity contribution in [1.82, 2.24) is 0 Å². The highest BCUT2D eigenvalue weighted by molar-refractivity contribution is 5.99. The molecule has 0 aromatic heterocycles. The monoisotopic (exact) mass is 717 g/mol. The van der Waals surface area contributed by atoms with Crippen molar-refractivity contribution in [3.63, 3.8) is 0 Å². The maximum absolute atomic E-state index is 2.53. The van der Waals surface area contributed by atoms with E-state index in [0.717, 1.165) is 11.4 Å². The standard InChI is InChI=1S/C55H43N/c1-53(2)43-24-10-8-22-40(43)41-33-32-39(35-50(41)53)56(38-21-16-20-37(34-38)36-18-6-5-7-19-36)51-31-17-30-49-52(51)42-23-9-11-25-44(42)55(49)47-28-14-12-26-45(47)54(3,4)46-27-13-15-29-48(46)55/h5-35H,1-4H3. The summed E-state index contributed by atoms with van der Waals surface area (Å²) in [6, 6.07) is 70.6. The summed E-state index contributed by atoms with van der Waals surface area (Å²) < 4.78 is 0. The van der Waals surface area contributed by atoms with E-state index in [1.54, 1.807) is 0 Å². The van der Waals surface area contributed by atoms with Gasteiger partial charge in [0, 0.05) is 27.8 Å². The largest absolute Gasteiger partial charge is 0.310 e. The Morgan fingerprint density at radius 3 is 1.54 bits per heavy atom. The van der Waals surface area contributed by atoms with E-state index in [0.29, 0.717) is 0 Å². The van der Waals surface area contributed by atoms with Gasteiger partial charge in [0.05, 0.1) is 11.1 Å². The second-order valence-electron chi connectivity index (χ2n) is 16.9. The minimum atomic E-state index is -0.468. The predicted octanol–water partition coefficient (Wildman–Crippen LogP) is 14.1. The Morgan fingerprint density at radius 2 is 0.821 bits per heavy atom. The third-order valence-corrected chi connectivity index (χ3v) is 13.3. The number of fused-ring (bicyclic) bond motifs is 12. The number of hydrogen-bond donors (Lipinski definition) is 0. The second-order valence-corrected chi connectivity index (χ2v) is 16.9. The maximum Gasteiger partial charge on any atom is 0.0720 e. The molecule has 0 aliphatic heterocycles. The molecule has 0 fully saturated rings. The molecule has 0 amide bonds. The zero-order valence-electron chi connectivity index (χ0n) is 32.3. The van der Waals surface area contributed by atoms with Crippen molar-refractivity contribution in [3.8, 4) is 33.4 Å². The Morgan fingerprint density at radius 1 is 0.321 bits per heavy atom. The fourth-order valence-electron chi connectivity index (χ4n) is 10.8. The van der Waals surface area contributed by atoms with E-state index in [9.17, 15) is 0 Å². The quantitative estimate of drug-likeness (QED) is 0.175. The van der Waals surface area contributed by atoms with Gasteiger partial charge in [-0.1, -0.05) is 185 Å². The van der Waals surface area contributed by atoms with Gasteiger partial charge in [-0.3, -0.25) is 0 Å². The van der Waals surface area contributed by atoms with E-state index in [2.05, 4.69) is 221 Å². The SMILES string of the molecule is CC1(C)c2ccccc2-c2ccc(N(c3cccc(-c4ccccc4)c3)c3cccc4c3-c3ccccc3C43c4ccccc4C(C)(C)c4ccccc43)cc21. The Hall–Kier alpha value is -6.44. The van der Waals surface area contributed by atoms with Gasteiger partial charge in [-0.2, -0.15) is 0 Å². The lowest BCUT2D eigenvalue weighted by molar-refractivity contribution is 0.563. The summed E-state index contributed by atoms with van der Waals surface area (Å²) in [5.41, 5.74) is 21.4. The summed E-state index contributed by atoms with van der Waals surface area (Å²) in [4.78, 5) is 2.53. The molecule has 0 N–H and O–H groups in total. The molecule has 268 valence electrons. The molecule has 1 nitrogen and oxygen atoms in total. The molecule has 11 rings (SSSR count). The van der Waals surface area contributed by atoms with Crippen molar-refractivity contribution in [3.05, 3.63) is 233 Å². The van der Waals surface area contributed by atoms with Crippen molar-refractivity contribution < 1.29 is 0 Å². The first-order valence-electron chi connectivity index (χ1n) is 19.9. The molecule has 0 radical (unpaired) electrons. The lowest BCUT2D eigenvalue weighted by Gasteiger charge is -2.46. The van der Waals surface area contributed by atoms with Gasteiger partial charge in [0.1, 0.15) is 0 Å². The Balaban J connectivity index is 1.22. The second kappa shape index (κ2) is 11.8. The normalized spacial score (nSPS) is 15.6. The average molecular weight is 718 g/mol. The van der Waals surface area contributed by atoms with E-state index in [-0.39, 0.29) is 10.8 Å². The highest BCUT2D eigenvalue weighted by Gasteiger charge is 2.54. The van der Waals surface area contributed by atoms with Gasteiger partial charge in [-0.25, -0.2) is 0 Å². The minimum Gasteiger partial charge on any atom is -0.310 e.